The highest BCUT2D eigenvalue weighted by Crippen LogP contribution is 2.12. The third-order valence-electron chi connectivity index (χ3n) is 2.81. The van der Waals surface area contributed by atoms with Gasteiger partial charge in [-0.05, 0) is 49.2 Å². The van der Waals surface area contributed by atoms with Crippen LogP contribution in [0.15, 0.2) is 48.8 Å². The van der Waals surface area contributed by atoms with E-state index >= 15 is 0 Å². The van der Waals surface area contributed by atoms with Crippen molar-refractivity contribution >= 4 is 0 Å². The van der Waals surface area contributed by atoms with Crippen molar-refractivity contribution in [3.05, 3.63) is 59.9 Å². The lowest BCUT2D eigenvalue weighted by molar-refractivity contribution is 0.308. The van der Waals surface area contributed by atoms with Gasteiger partial charge in [-0.2, -0.15) is 0 Å². The van der Waals surface area contributed by atoms with E-state index in [4.69, 9.17) is 4.74 Å². The summed E-state index contributed by atoms with van der Waals surface area (Å²) >= 11 is 0. The summed E-state index contributed by atoms with van der Waals surface area (Å²) in [6.07, 6.45) is 4.67. The second kappa shape index (κ2) is 7.54. The maximum atomic E-state index is 5.69. The maximum Gasteiger partial charge on any atom is 0.119 e. The van der Waals surface area contributed by atoms with Crippen LogP contribution in [-0.2, 0) is 6.54 Å². The number of aromatic nitrogens is 1. The smallest absolute Gasteiger partial charge is 0.119 e. The van der Waals surface area contributed by atoms with Crippen molar-refractivity contribution in [2.24, 2.45) is 0 Å². The Balaban J connectivity index is 1.58. The second-order valence-electron chi connectivity index (χ2n) is 4.56. The Hall–Kier alpha value is -1.87. The van der Waals surface area contributed by atoms with E-state index < -0.39 is 0 Å². The van der Waals surface area contributed by atoms with E-state index in [0.717, 1.165) is 31.9 Å². The fourth-order valence-electron chi connectivity index (χ4n) is 1.83. The van der Waals surface area contributed by atoms with Crippen LogP contribution in [0.3, 0.4) is 0 Å². The zero-order valence-electron chi connectivity index (χ0n) is 11.3. The molecule has 1 aromatic heterocycles. The summed E-state index contributed by atoms with van der Waals surface area (Å²) in [4.78, 5) is 4.08. The van der Waals surface area contributed by atoms with Crippen LogP contribution in [0.1, 0.15) is 17.5 Å². The summed E-state index contributed by atoms with van der Waals surface area (Å²) in [6, 6.07) is 12.2. The quantitative estimate of drug-likeness (QED) is 0.773. The van der Waals surface area contributed by atoms with Crippen molar-refractivity contribution in [1.82, 2.24) is 10.3 Å². The minimum absolute atomic E-state index is 0.740. The highest BCUT2D eigenvalue weighted by Gasteiger charge is 1.95. The normalized spacial score (nSPS) is 10.4. The lowest BCUT2D eigenvalue weighted by Gasteiger charge is -2.07. The molecular formula is C16H20N2O. The van der Waals surface area contributed by atoms with Crippen molar-refractivity contribution < 1.29 is 4.74 Å². The molecule has 0 amide bonds. The maximum absolute atomic E-state index is 5.69. The first-order chi connectivity index (χ1) is 9.34. The van der Waals surface area contributed by atoms with Gasteiger partial charge in [-0.3, -0.25) is 4.98 Å². The molecule has 0 fully saturated rings. The molecule has 19 heavy (non-hydrogen) atoms. The van der Waals surface area contributed by atoms with Crippen molar-refractivity contribution in [1.29, 1.82) is 0 Å². The topological polar surface area (TPSA) is 34.1 Å². The molecule has 1 N–H and O–H groups in total. The summed E-state index contributed by atoms with van der Waals surface area (Å²) in [5.74, 6) is 0.951. The van der Waals surface area contributed by atoms with Crippen LogP contribution in [-0.4, -0.2) is 18.1 Å². The SMILES string of the molecule is Cc1cccc(OCCCNCc2cccnc2)c1. The minimum atomic E-state index is 0.740. The molecule has 0 saturated carbocycles. The highest BCUT2D eigenvalue weighted by molar-refractivity contribution is 5.27. The van der Waals surface area contributed by atoms with E-state index in [1.54, 1.807) is 6.20 Å². The molecule has 3 heteroatoms. The molecule has 100 valence electrons. The first-order valence-corrected chi connectivity index (χ1v) is 6.64. The molecule has 1 aromatic carbocycles. The van der Waals surface area contributed by atoms with Gasteiger partial charge in [-0.15, -0.1) is 0 Å². The lowest BCUT2D eigenvalue weighted by atomic mass is 10.2. The van der Waals surface area contributed by atoms with E-state index in [0.29, 0.717) is 0 Å². The molecule has 1 heterocycles. The lowest BCUT2D eigenvalue weighted by Crippen LogP contribution is -2.17. The molecule has 0 radical (unpaired) electrons. The predicted molar refractivity (Wildman–Crippen MR) is 77.2 cm³/mol. The van der Waals surface area contributed by atoms with Crippen molar-refractivity contribution in [2.45, 2.75) is 19.9 Å². The number of rotatable bonds is 7. The van der Waals surface area contributed by atoms with Crippen LogP contribution < -0.4 is 10.1 Å². The monoisotopic (exact) mass is 256 g/mol. The standard InChI is InChI=1S/C16H20N2O/c1-14-5-2-7-16(11-14)19-10-4-9-18-13-15-6-3-8-17-12-15/h2-3,5-8,11-12,18H,4,9-10,13H2,1H3. The molecule has 0 spiro atoms. The van der Waals surface area contributed by atoms with Gasteiger partial charge in [0.05, 0.1) is 6.61 Å². The summed E-state index contributed by atoms with van der Waals surface area (Å²) in [5.41, 5.74) is 2.44. The fourth-order valence-corrected chi connectivity index (χ4v) is 1.83. The fraction of sp³-hybridized carbons (Fsp3) is 0.312. The molecule has 0 aliphatic rings. The molecule has 2 aromatic rings. The Morgan fingerprint density at radius 3 is 2.95 bits per heavy atom. The molecule has 0 aliphatic heterocycles. The average molecular weight is 256 g/mol. The highest BCUT2D eigenvalue weighted by atomic mass is 16.5. The van der Waals surface area contributed by atoms with Gasteiger partial charge in [-0.1, -0.05) is 18.2 Å². The first kappa shape index (κ1) is 13.6. The van der Waals surface area contributed by atoms with Crippen LogP contribution >= 0.6 is 0 Å². The van der Waals surface area contributed by atoms with Crippen LogP contribution in [0.25, 0.3) is 0 Å². The van der Waals surface area contributed by atoms with Gasteiger partial charge in [0.25, 0.3) is 0 Å². The molecular weight excluding hydrogens is 236 g/mol. The zero-order chi connectivity index (χ0) is 13.3. The van der Waals surface area contributed by atoms with Crippen LogP contribution in [0.5, 0.6) is 5.75 Å². The number of ether oxygens (including phenoxy) is 1. The van der Waals surface area contributed by atoms with E-state index in [-0.39, 0.29) is 0 Å². The van der Waals surface area contributed by atoms with Crippen molar-refractivity contribution in [2.75, 3.05) is 13.2 Å². The van der Waals surface area contributed by atoms with Crippen LogP contribution in [0.4, 0.5) is 0 Å². The largest absolute Gasteiger partial charge is 0.494 e. The third kappa shape index (κ3) is 5.10. The number of hydrogen-bond donors (Lipinski definition) is 1. The average Bonchev–Trinajstić information content (AvgIpc) is 2.44. The summed E-state index contributed by atoms with van der Waals surface area (Å²) < 4.78 is 5.69. The number of nitrogens with one attached hydrogen (secondary N) is 1. The number of nitrogens with zero attached hydrogens (tertiary/aromatic N) is 1. The molecule has 0 saturated heterocycles. The van der Waals surface area contributed by atoms with Crippen molar-refractivity contribution in [3.63, 3.8) is 0 Å². The zero-order valence-corrected chi connectivity index (χ0v) is 11.3. The Kier molecular flexibility index (Phi) is 5.38. The molecule has 0 aliphatic carbocycles. The van der Waals surface area contributed by atoms with Crippen molar-refractivity contribution in [3.8, 4) is 5.75 Å². The van der Waals surface area contributed by atoms with Gasteiger partial charge in [-0.25, -0.2) is 0 Å². The number of hydrogen-bond acceptors (Lipinski definition) is 3. The minimum Gasteiger partial charge on any atom is -0.494 e. The van der Waals surface area contributed by atoms with Gasteiger partial charge >= 0.3 is 0 Å². The van der Waals surface area contributed by atoms with Crippen LogP contribution in [0.2, 0.25) is 0 Å². The summed E-state index contributed by atoms with van der Waals surface area (Å²) in [6.45, 7) is 4.62. The Morgan fingerprint density at radius 2 is 2.16 bits per heavy atom. The van der Waals surface area contributed by atoms with E-state index in [9.17, 15) is 0 Å². The molecule has 0 bridgehead atoms. The molecule has 0 atom stereocenters. The van der Waals surface area contributed by atoms with Crippen LogP contribution in [0, 0.1) is 6.92 Å². The molecule has 0 unspecified atom stereocenters. The third-order valence-corrected chi connectivity index (χ3v) is 2.81. The van der Waals surface area contributed by atoms with E-state index in [2.05, 4.69) is 35.4 Å². The summed E-state index contributed by atoms with van der Waals surface area (Å²) in [7, 11) is 0. The van der Waals surface area contributed by atoms with Gasteiger partial charge in [0.15, 0.2) is 0 Å². The number of pyridine rings is 1. The molecule has 3 nitrogen and oxygen atoms in total. The van der Waals surface area contributed by atoms with Gasteiger partial charge in [0.2, 0.25) is 0 Å². The second-order valence-corrected chi connectivity index (χ2v) is 4.56. The van der Waals surface area contributed by atoms with E-state index in [1.165, 1.54) is 11.1 Å². The molecule has 2 rings (SSSR count). The predicted octanol–water partition coefficient (Wildman–Crippen LogP) is 2.95. The van der Waals surface area contributed by atoms with Gasteiger partial charge in [0.1, 0.15) is 5.75 Å². The Morgan fingerprint density at radius 1 is 1.21 bits per heavy atom. The Bertz CT molecular complexity index is 485. The number of aryl methyl sites for hydroxylation is 1. The van der Waals surface area contributed by atoms with E-state index in [1.807, 2.05) is 24.4 Å². The van der Waals surface area contributed by atoms with Gasteiger partial charge in [0, 0.05) is 18.9 Å². The Labute approximate surface area is 114 Å². The number of benzene rings is 1. The summed E-state index contributed by atoms with van der Waals surface area (Å²) in [5, 5.41) is 3.38. The van der Waals surface area contributed by atoms with Gasteiger partial charge < -0.3 is 10.1 Å². The first-order valence-electron chi connectivity index (χ1n) is 6.64.